The summed E-state index contributed by atoms with van der Waals surface area (Å²) in [5.74, 6) is 0.395. The van der Waals surface area contributed by atoms with Crippen LogP contribution in [0.15, 0.2) is 48.5 Å². The number of aromatic nitrogens is 4. The Morgan fingerprint density at radius 1 is 1.30 bits per heavy atom. The first-order valence-electron chi connectivity index (χ1n) is 8.65. The molecule has 3 aromatic heterocycles. The van der Waals surface area contributed by atoms with Crippen molar-refractivity contribution in [2.24, 2.45) is 0 Å². The van der Waals surface area contributed by atoms with Crippen LogP contribution >= 0.6 is 11.3 Å². The molecule has 1 N–H and O–H groups in total. The van der Waals surface area contributed by atoms with E-state index < -0.39 is 6.04 Å². The lowest BCUT2D eigenvalue weighted by atomic mass is 10.2. The molecule has 1 saturated heterocycles. The minimum Gasteiger partial charge on any atom is -0.350 e. The molecule has 1 aliphatic rings. The van der Waals surface area contributed by atoms with Crippen molar-refractivity contribution < 1.29 is 9.59 Å². The first-order chi connectivity index (χ1) is 13.2. The molecular formula is C18H18N6O2S. The van der Waals surface area contributed by atoms with Crippen molar-refractivity contribution >= 4 is 23.2 Å². The van der Waals surface area contributed by atoms with E-state index in [2.05, 4.69) is 20.4 Å². The van der Waals surface area contributed by atoms with E-state index >= 15 is 0 Å². The molecule has 0 radical (unpaired) electrons. The molecule has 1 atom stereocenters. The topological polar surface area (TPSA) is 93.0 Å². The normalized spacial score (nSPS) is 16.4. The molecule has 0 aliphatic carbocycles. The van der Waals surface area contributed by atoms with Gasteiger partial charge in [-0.05, 0) is 30.4 Å². The third-order valence-corrected chi connectivity index (χ3v) is 5.36. The number of rotatable bonds is 5. The minimum absolute atomic E-state index is 0.0765. The Morgan fingerprint density at radius 3 is 3.00 bits per heavy atom. The smallest absolute Gasteiger partial charge is 0.264 e. The Hall–Kier alpha value is -3.07. The monoisotopic (exact) mass is 382 g/mol. The van der Waals surface area contributed by atoms with Crippen molar-refractivity contribution in [2.75, 3.05) is 6.54 Å². The fourth-order valence-electron chi connectivity index (χ4n) is 3.22. The third kappa shape index (κ3) is 3.59. The van der Waals surface area contributed by atoms with Crippen molar-refractivity contribution in [1.82, 2.24) is 30.0 Å². The largest absolute Gasteiger partial charge is 0.350 e. The highest BCUT2D eigenvalue weighted by Crippen LogP contribution is 2.22. The van der Waals surface area contributed by atoms with Gasteiger partial charge in [-0.1, -0.05) is 12.1 Å². The summed E-state index contributed by atoms with van der Waals surface area (Å²) in [4.78, 5) is 36.0. The molecule has 0 saturated carbocycles. The number of nitrogens with zero attached hydrogens (tertiary/aromatic N) is 5. The molecule has 0 unspecified atom stereocenters. The Labute approximate surface area is 159 Å². The predicted molar refractivity (Wildman–Crippen MR) is 99.4 cm³/mol. The van der Waals surface area contributed by atoms with E-state index in [0.717, 1.165) is 12.0 Å². The predicted octanol–water partition coefficient (Wildman–Crippen LogP) is 1.64. The van der Waals surface area contributed by atoms with Gasteiger partial charge in [0.2, 0.25) is 5.91 Å². The lowest BCUT2D eigenvalue weighted by Crippen LogP contribution is -2.45. The molecule has 8 nitrogen and oxygen atoms in total. The molecule has 0 spiro atoms. The molecule has 27 heavy (non-hydrogen) atoms. The Morgan fingerprint density at radius 2 is 2.22 bits per heavy atom. The summed E-state index contributed by atoms with van der Waals surface area (Å²) in [6, 6.07) is 6.89. The molecule has 0 bridgehead atoms. The summed E-state index contributed by atoms with van der Waals surface area (Å²) in [5, 5.41) is 8.90. The van der Waals surface area contributed by atoms with E-state index in [9.17, 15) is 9.59 Å². The minimum atomic E-state index is -0.439. The van der Waals surface area contributed by atoms with Crippen LogP contribution in [0, 0.1) is 0 Å². The Bertz CT molecular complexity index is 925. The standard InChI is InChI=1S/C18H18N6O2S/c25-17(14-5-2-8-23(14)18(26)15-6-3-9-27-15)21-10-13-4-1-7-20-16(13)24-12-19-11-22-24/h1,3-4,6-7,9,11-12,14H,2,5,8,10H2,(H,21,25)/t14-/m0/s1. The summed E-state index contributed by atoms with van der Waals surface area (Å²) in [7, 11) is 0. The van der Waals surface area contributed by atoms with E-state index in [4.69, 9.17) is 0 Å². The third-order valence-electron chi connectivity index (χ3n) is 4.50. The molecule has 1 aliphatic heterocycles. The van der Waals surface area contributed by atoms with Crippen LogP contribution in [-0.4, -0.2) is 49.0 Å². The van der Waals surface area contributed by atoms with Gasteiger partial charge in [0.25, 0.3) is 5.91 Å². The quantitative estimate of drug-likeness (QED) is 0.724. The zero-order chi connectivity index (χ0) is 18.6. The SMILES string of the molecule is O=C(NCc1cccnc1-n1cncn1)[C@@H]1CCCN1C(=O)c1cccs1. The summed E-state index contributed by atoms with van der Waals surface area (Å²) in [6.45, 7) is 0.908. The van der Waals surface area contributed by atoms with Crippen LogP contribution < -0.4 is 5.32 Å². The van der Waals surface area contributed by atoms with E-state index in [-0.39, 0.29) is 11.8 Å². The maximum atomic E-state index is 12.7. The van der Waals surface area contributed by atoms with Gasteiger partial charge in [0, 0.05) is 24.8 Å². The fourth-order valence-corrected chi connectivity index (χ4v) is 3.90. The van der Waals surface area contributed by atoms with Gasteiger partial charge in [-0.2, -0.15) is 5.10 Å². The summed E-state index contributed by atoms with van der Waals surface area (Å²) in [5.41, 5.74) is 0.825. The van der Waals surface area contributed by atoms with Crippen molar-refractivity contribution in [3.8, 4) is 5.82 Å². The van der Waals surface area contributed by atoms with E-state index in [0.29, 0.717) is 30.2 Å². The highest BCUT2D eigenvalue weighted by atomic mass is 32.1. The number of nitrogens with one attached hydrogen (secondary N) is 1. The maximum absolute atomic E-state index is 12.7. The molecule has 3 aromatic rings. The van der Waals surface area contributed by atoms with Gasteiger partial charge in [-0.3, -0.25) is 9.59 Å². The molecule has 0 aromatic carbocycles. The van der Waals surface area contributed by atoms with E-state index in [1.807, 2.05) is 23.6 Å². The van der Waals surface area contributed by atoms with Crippen LogP contribution in [0.5, 0.6) is 0 Å². The number of carbonyl (C=O) groups is 2. The number of amides is 2. The number of likely N-dealkylation sites (tertiary alicyclic amines) is 1. The number of hydrogen-bond donors (Lipinski definition) is 1. The number of thiophene rings is 1. The highest BCUT2D eigenvalue weighted by molar-refractivity contribution is 7.12. The van der Waals surface area contributed by atoms with Gasteiger partial charge in [0.05, 0.1) is 4.88 Å². The summed E-state index contributed by atoms with van der Waals surface area (Å²) >= 11 is 1.40. The summed E-state index contributed by atoms with van der Waals surface area (Å²) < 4.78 is 1.56. The molecule has 1 fully saturated rings. The maximum Gasteiger partial charge on any atom is 0.264 e. The second-order valence-corrected chi connectivity index (χ2v) is 7.13. The van der Waals surface area contributed by atoms with Crippen molar-refractivity contribution in [1.29, 1.82) is 0 Å². The zero-order valence-corrected chi connectivity index (χ0v) is 15.3. The highest BCUT2D eigenvalue weighted by Gasteiger charge is 2.34. The van der Waals surface area contributed by atoms with Crippen LogP contribution in [0.3, 0.4) is 0 Å². The number of pyridine rings is 1. The number of hydrogen-bond acceptors (Lipinski definition) is 6. The second-order valence-electron chi connectivity index (χ2n) is 6.18. The van der Waals surface area contributed by atoms with E-state index in [1.54, 1.807) is 28.2 Å². The van der Waals surface area contributed by atoms with Crippen LogP contribution in [-0.2, 0) is 11.3 Å². The van der Waals surface area contributed by atoms with Crippen molar-refractivity contribution in [3.63, 3.8) is 0 Å². The zero-order valence-electron chi connectivity index (χ0n) is 14.5. The van der Waals surface area contributed by atoms with Gasteiger partial charge >= 0.3 is 0 Å². The molecular weight excluding hydrogens is 364 g/mol. The van der Waals surface area contributed by atoms with Gasteiger partial charge in [0.15, 0.2) is 5.82 Å². The average Bonchev–Trinajstić information content (AvgIpc) is 3.47. The number of carbonyl (C=O) groups excluding carboxylic acids is 2. The molecule has 2 amide bonds. The molecule has 138 valence electrons. The van der Waals surface area contributed by atoms with Gasteiger partial charge in [0.1, 0.15) is 18.7 Å². The lowest BCUT2D eigenvalue weighted by molar-refractivity contribution is -0.125. The summed E-state index contributed by atoms with van der Waals surface area (Å²) in [6.07, 6.45) is 6.16. The van der Waals surface area contributed by atoms with Crippen LogP contribution in [0.2, 0.25) is 0 Å². The van der Waals surface area contributed by atoms with Crippen LogP contribution in [0.25, 0.3) is 5.82 Å². The van der Waals surface area contributed by atoms with Gasteiger partial charge < -0.3 is 10.2 Å². The van der Waals surface area contributed by atoms with Crippen LogP contribution in [0.4, 0.5) is 0 Å². The Balaban J connectivity index is 1.45. The lowest BCUT2D eigenvalue weighted by Gasteiger charge is -2.23. The van der Waals surface area contributed by atoms with Gasteiger partial charge in [-0.25, -0.2) is 14.6 Å². The fraction of sp³-hybridized carbons (Fsp3) is 0.278. The van der Waals surface area contributed by atoms with Crippen molar-refractivity contribution in [3.05, 3.63) is 58.9 Å². The second kappa shape index (κ2) is 7.67. The molecule has 9 heteroatoms. The molecule has 4 rings (SSSR count). The molecule has 4 heterocycles. The average molecular weight is 382 g/mol. The first kappa shape index (κ1) is 17.3. The van der Waals surface area contributed by atoms with Gasteiger partial charge in [-0.15, -0.1) is 11.3 Å². The van der Waals surface area contributed by atoms with Crippen LogP contribution in [0.1, 0.15) is 28.1 Å². The Kier molecular flexibility index (Phi) is 4.93. The van der Waals surface area contributed by atoms with Crippen molar-refractivity contribution in [2.45, 2.75) is 25.4 Å². The first-order valence-corrected chi connectivity index (χ1v) is 9.53. The van der Waals surface area contributed by atoms with E-state index in [1.165, 1.54) is 17.7 Å².